The van der Waals surface area contributed by atoms with Gasteiger partial charge < -0.3 is 10.1 Å². The summed E-state index contributed by atoms with van der Waals surface area (Å²) >= 11 is 7.38. The number of fused-ring (bicyclic) bond motifs is 1. The van der Waals surface area contributed by atoms with E-state index in [2.05, 4.69) is 5.32 Å². The zero-order chi connectivity index (χ0) is 13.2. The Morgan fingerprint density at radius 3 is 2.95 bits per heavy atom. The number of halogens is 1. The zero-order valence-electron chi connectivity index (χ0n) is 10.1. The van der Waals surface area contributed by atoms with Crippen molar-refractivity contribution in [3.8, 4) is 5.75 Å². The van der Waals surface area contributed by atoms with Crippen molar-refractivity contribution in [2.45, 2.75) is 19.4 Å². The third-order valence-corrected chi connectivity index (χ3v) is 4.19. The number of nitrogens with one attached hydrogen (secondary N) is 1. The molecule has 0 aliphatic carbocycles. The lowest BCUT2D eigenvalue weighted by Gasteiger charge is -2.17. The first-order valence-corrected chi connectivity index (χ1v) is 7.20. The number of carbonyl (C=O) groups is 1. The predicted octanol–water partition coefficient (Wildman–Crippen LogP) is 3.87. The summed E-state index contributed by atoms with van der Waals surface area (Å²) in [5, 5.41) is 2.87. The van der Waals surface area contributed by atoms with Crippen LogP contribution in [0.1, 0.15) is 16.9 Å². The summed E-state index contributed by atoms with van der Waals surface area (Å²) in [6.45, 7) is 0.490. The molecule has 0 unspecified atom stereocenters. The molecule has 98 valence electrons. The van der Waals surface area contributed by atoms with Crippen molar-refractivity contribution < 1.29 is 9.53 Å². The molecule has 2 heterocycles. The zero-order valence-corrected chi connectivity index (χ0v) is 11.7. The van der Waals surface area contributed by atoms with Gasteiger partial charge in [0.1, 0.15) is 12.4 Å². The van der Waals surface area contributed by atoms with Crippen LogP contribution in [0, 0.1) is 0 Å². The number of benzene rings is 1. The number of hydrogen-bond acceptors (Lipinski definition) is 3. The van der Waals surface area contributed by atoms with E-state index in [9.17, 15) is 4.79 Å². The quantitative estimate of drug-likeness (QED) is 0.933. The van der Waals surface area contributed by atoms with Gasteiger partial charge in [0.2, 0.25) is 5.91 Å². The molecule has 1 aliphatic heterocycles. The van der Waals surface area contributed by atoms with Crippen LogP contribution in [-0.4, -0.2) is 5.91 Å². The summed E-state index contributed by atoms with van der Waals surface area (Å²) in [4.78, 5) is 12.4. The average Bonchev–Trinajstić information content (AvgIpc) is 2.81. The van der Waals surface area contributed by atoms with Crippen molar-refractivity contribution in [1.82, 2.24) is 0 Å². The summed E-state index contributed by atoms with van der Waals surface area (Å²) < 4.78 is 6.47. The molecule has 0 saturated heterocycles. The Hall–Kier alpha value is -1.52. The maximum absolute atomic E-state index is 11.4. The van der Waals surface area contributed by atoms with Gasteiger partial charge in [0.25, 0.3) is 0 Å². The van der Waals surface area contributed by atoms with Gasteiger partial charge in [-0.2, -0.15) is 0 Å². The van der Waals surface area contributed by atoms with E-state index in [0.717, 1.165) is 32.6 Å². The van der Waals surface area contributed by atoms with Crippen molar-refractivity contribution in [3.05, 3.63) is 45.1 Å². The lowest BCUT2D eigenvalue weighted by Crippen LogP contribution is -2.18. The molecule has 2 aromatic rings. The molecular formula is C14H12ClNO2S. The highest BCUT2D eigenvalue weighted by atomic mass is 35.5. The monoisotopic (exact) mass is 293 g/mol. The molecule has 19 heavy (non-hydrogen) atoms. The van der Waals surface area contributed by atoms with Crippen LogP contribution in [0.2, 0.25) is 4.34 Å². The SMILES string of the molecule is O=C1CCc2ccc(OCc3ccc(Cl)s3)cc2N1. The first-order valence-electron chi connectivity index (χ1n) is 6.00. The van der Waals surface area contributed by atoms with Gasteiger partial charge >= 0.3 is 0 Å². The number of thiophene rings is 1. The summed E-state index contributed by atoms with van der Waals surface area (Å²) in [6, 6.07) is 9.63. The lowest BCUT2D eigenvalue weighted by atomic mass is 10.0. The predicted molar refractivity (Wildman–Crippen MR) is 77.1 cm³/mol. The molecular weight excluding hydrogens is 282 g/mol. The Morgan fingerprint density at radius 1 is 1.26 bits per heavy atom. The lowest BCUT2D eigenvalue weighted by molar-refractivity contribution is -0.116. The minimum Gasteiger partial charge on any atom is -0.488 e. The van der Waals surface area contributed by atoms with E-state index in [1.165, 1.54) is 11.3 Å². The van der Waals surface area contributed by atoms with Crippen molar-refractivity contribution in [2.75, 3.05) is 5.32 Å². The fourth-order valence-electron chi connectivity index (χ4n) is 2.02. The maximum Gasteiger partial charge on any atom is 0.224 e. The van der Waals surface area contributed by atoms with Crippen LogP contribution in [0.25, 0.3) is 0 Å². The van der Waals surface area contributed by atoms with Crippen molar-refractivity contribution >= 4 is 34.5 Å². The van der Waals surface area contributed by atoms with Gasteiger partial charge in [0, 0.05) is 23.1 Å². The molecule has 1 aliphatic rings. The summed E-state index contributed by atoms with van der Waals surface area (Å²) in [7, 11) is 0. The second-order valence-corrected chi connectivity index (χ2v) is 6.16. The Morgan fingerprint density at radius 2 is 2.16 bits per heavy atom. The molecule has 5 heteroatoms. The van der Waals surface area contributed by atoms with E-state index in [4.69, 9.17) is 16.3 Å². The topological polar surface area (TPSA) is 38.3 Å². The third-order valence-electron chi connectivity index (χ3n) is 2.99. The van der Waals surface area contributed by atoms with Crippen LogP contribution < -0.4 is 10.1 Å². The Kier molecular flexibility index (Phi) is 3.44. The second kappa shape index (κ2) is 5.23. The van der Waals surface area contributed by atoms with Crippen LogP contribution in [0.4, 0.5) is 5.69 Å². The highest BCUT2D eigenvalue weighted by Crippen LogP contribution is 2.28. The molecule has 0 atom stereocenters. The van der Waals surface area contributed by atoms with Crippen molar-refractivity contribution in [3.63, 3.8) is 0 Å². The molecule has 1 amide bonds. The number of anilines is 1. The first-order chi connectivity index (χ1) is 9.20. The molecule has 0 fully saturated rings. The summed E-state index contributed by atoms with van der Waals surface area (Å²) in [5.74, 6) is 0.820. The average molecular weight is 294 g/mol. The molecule has 3 rings (SSSR count). The number of rotatable bonds is 3. The standard InChI is InChI=1S/C14H12ClNO2S/c15-13-5-4-11(19-13)8-18-10-3-1-9-2-6-14(17)16-12(9)7-10/h1,3-5,7H,2,6,8H2,(H,16,17). The minimum absolute atomic E-state index is 0.0645. The molecule has 1 aromatic heterocycles. The first kappa shape index (κ1) is 12.5. The van der Waals surface area contributed by atoms with Gasteiger partial charge in [-0.05, 0) is 30.2 Å². The Bertz CT molecular complexity index is 624. The second-order valence-electron chi connectivity index (χ2n) is 4.36. The van der Waals surface area contributed by atoms with Crippen LogP contribution in [0.15, 0.2) is 30.3 Å². The number of ether oxygens (including phenoxy) is 1. The summed E-state index contributed by atoms with van der Waals surface area (Å²) in [6.07, 6.45) is 1.35. The Balaban J connectivity index is 1.71. The van der Waals surface area contributed by atoms with Crippen molar-refractivity contribution in [1.29, 1.82) is 0 Å². The van der Waals surface area contributed by atoms with Gasteiger partial charge in [-0.25, -0.2) is 0 Å². The van der Waals surface area contributed by atoms with Gasteiger partial charge in [-0.3, -0.25) is 4.79 Å². The van der Waals surface area contributed by atoms with E-state index >= 15 is 0 Å². The van der Waals surface area contributed by atoms with Crippen LogP contribution >= 0.6 is 22.9 Å². The van der Waals surface area contributed by atoms with E-state index in [0.29, 0.717) is 13.0 Å². The van der Waals surface area contributed by atoms with Gasteiger partial charge in [-0.15, -0.1) is 11.3 Å². The van der Waals surface area contributed by atoms with Crippen LogP contribution in [0.5, 0.6) is 5.75 Å². The van der Waals surface area contributed by atoms with E-state index in [1.807, 2.05) is 30.3 Å². The summed E-state index contributed by atoms with van der Waals surface area (Å²) in [5.41, 5.74) is 2.02. The third kappa shape index (κ3) is 2.91. The molecule has 0 bridgehead atoms. The van der Waals surface area contributed by atoms with E-state index in [-0.39, 0.29) is 5.91 Å². The molecule has 3 nitrogen and oxygen atoms in total. The molecule has 0 radical (unpaired) electrons. The number of amides is 1. The van der Waals surface area contributed by atoms with Crippen LogP contribution in [0.3, 0.4) is 0 Å². The molecule has 1 aromatic carbocycles. The number of aryl methyl sites for hydroxylation is 1. The largest absolute Gasteiger partial charge is 0.488 e. The fourth-order valence-corrected chi connectivity index (χ4v) is 3.03. The number of carbonyl (C=O) groups excluding carboxylic acids is 1. The molecule has 0 spiro atoms. The molecule has 1 N–H and O–H groups in total. The van der Waals surface area contributed by atoms with Crippen molar-refractivity contribution in [2.24, 2.45) is 0 Å². The fraction of sp³-hybridized carbons (Fsp3) is 0.214. The highest BCUT2D eigenvalue weighted by molar-refractivity contribution is 7.16. The van der Waals surface area contributed by atoms with E-state index < -0.39 is 0 Å². The minimum atomic E-state index is 0.0645. The highest BCUT2D eigenvalue weighted by Gasteiger charge is 2.15. The maximum atomic E-state index is 11.4. The smallest absolute Gasteiger partial charge is 0.224 e. The van der Waals surface area contributed by atoms with E-state index in [1.54, 1.807) is 0 Å². The van der Waals surface area contributed by atoms with Gasteiger partial charge in [-0.1, -0.05) is 17.7 Å². The normalized spacial score (nSPS) is 13.8. The van der Waals surface area contributed by atoms with Gasteiger partial charge in [0.15, 0.2) is 0 Å². The molecule has 0 saturated carbocycles. The number of hydrogen-bond donors (Lipinski definition) is 1. The van der Waals surface area contributed by atoms with Gasteiger partial charge in [0.05, 0.1) is 4.34 Å². The van der Waals surface area contributed by atoms with Crippen LogP contribution in [-0.2, 0) is 17.8 Å². The Labute approximate surface area is 120 Å².